The van der Waals surface area contributed by atoms with Crippen LogP contribution in [0.15, 0.2) is 24.3 Å². The van der Waals surface area contributed by atoms with E-state index >= 15 is 0 Å². The molecular weight excluding hydrogens is 332 g/mol. The Morgan fingerprint density at radius 2 is 2.30 bits per heavy atom. The number of rotatable bonds is 2. The summed E-state index contributed by atoms with van der Waals surface area (Å²) in [7, 11) is 5.81. The van der Waals surface area contributed by atoms with Gasteiger partial charge in [0.05, 0.1) is 0 Å². The van der Waals surface area contributed by atoms with Gasteiger partial charge in [-0.1, -0.05) is 0 Å². The first-order valence-corrected chi connectivity index (χ1v) is 14.1. The van der Waals surface area contributed by atoms with E-state index < -0.39 is 23.3 Å². The third-order valence-corrected chi connectivity index (χ3v) is 6.10. The molecule has 0 bridgehead atoms. The molecule has 0 aromatic heterocycles. The molecule has 0 fully saturated rings. The molecule has 0 atom stereocenters. The number of halogens is 1. The fourth-order valence-electron chi connectivity index (χ4n) is 0.977. The van der Waals surface area contributed by atoms with Crippen molar-refractivity contribution in [2.24, 2.45) is 0 Å². The molecule has 1 rings (SSSR count). The van der Waals surface area contributed by atoms with Gasteiger partial charge < -0.3 is 0 Å². The van der Waals surface area contributed by atoms with Crippen molar-refractivity contribution in [3.63, 3.8) is 0 Å². The molecule has 1 aromatic rings. The van der Waals surface area contributed by atoms with E-state index in [-0.39, 0.29) is 0 Å². The molecule has 0 radical (unpaired) electrons. The Morgan fingerprint density at radius 3 is 2.90 bits per heavy atom. The number of hydrogen-bond donors (Lipinski definition) is 0. The van der Waals surface area contributed by atoms with Gasteiger partial charge in [-0.3, -0.25) is 0 Å². The topological polar surface area (TPSA) is 0 Å². The predicted octanol–water partition coefficient (Wildman–Crippen LogP) is 2.73. The van der Waals surface area contributed by atoms with E-state index in [9.17, 15) is 0 Å². The Labute approximate surface area is 77.5 Å². The second kappa shape index (κ2) is 4.35. The molecule has 0 aliphatic rings. The van der Waals surface area contributed by atoms with Gasteiger partial charge in [-0.05, 0) is 0 Å². The van der Waals surface area contributed by atoms with Gasteiger partial charge in [-0.2, -0.15) is 0 Å². The molecule has 0 saturated heterocycles. The van der Waals surface area contributed by atoms with Gasteiger partial charge in [0.2, 0.25) is 0 Å². The monoisotopic (exact) mass is 342 g/mol. The summed E-state index contributed by atoms with van der Waals surface area (Å²) in [5, 5.41) is 0. The summed E-state index contributed by atoms with van der Waals surface area (Å²) in [4.78, 5) is 0. The van der Waals surface area contributed by atoms with Crippen LogP contribution in [-0.4, -0.2) is 0 Å². The van der Waals surface area contributed by atoms with E-state index in [1.54, 1.807) is 0 Å². The summed E-state index contributed by atoms with van der Waals surface area (Å²) in [5.41, 5.74) is 2.77. The van der Waals surface area contributed by atoms with Crippen molar-refractivity contribution in [2.45, 2.75) is 10.9 Å². The zero-order valence-corrected chi connectivity index (χ0v) is 12.4. The van der Waals surface area contributed by atoms with Crippen LogP contribution in [0.5, 0.6) is 0 Å². The minimum absolute atomic E-state index is 0.952. The van der Waals surface area contributed by atoms with Crippen LogP contribution in [-0.2, 0) is 27.3 Å². The first-order chi connectivity index (χ1) is 4.83. The molecule has 0 saturated carbocycles. The summed E-state index contributed by atoms with van der Waals surface area (Å²) in [6.45, 7) is 2.12. The molecule has 50 valence electrons. The summed E-state index contributed by atoms with van der Waals surface area (Å²) < 4.78 is 1.20. The van der Waals surface area contributed by atoms with E-state index in [0.717, 1.165) is 0 Å². The quantitative estimate of drug-likeness (QED) is 0.726. The van der Waals surface area contributed by atoms with Crippen molar-refractivity contribution in [2.75, 3.05) is 0 Å². The number of benzene rings is 1. The maximum absolute atomic E-state index is 5.81. The van der Waals surface area contributed by atoms with Gasteiger partial charge in [-0.15, -0.1) is 0 Å². The molecule has 1 aromatic carbocycles. The van der Waals surface area contributed by atoms with Crippen LogP contribution in [0.1, 0.15) is 11.1 Å². The van der Waals surface area contributed by atoms with E-state index in [1.165, 1.54) is 15.1 Å². The standard InChI is InChI=1S/C8H9.ClH.Hg/c1-7-4-3-5-8(2)6-7;;/h3-6H,1H2,2H3;1H;/q;;+1/p-1. The Balaban J connectivity index is 2.75. The Bertz CT molecular complexity index is 210. The van der Waals surface area contributed by atoms with Gasteiger partial charge in [0.15, 0.2) is 0 Å². The van der Waals surface area contributed by atoms with Crippen molar-refractivity contribution in [3.8, 4) is 0 Å². The van der Waals surface area contributed by atoms with Crippen molar-refractivity contribution in [1.82, 2.24) is 0 Å². The SMILES string of the molecule is Cc1cccc([CH2][Hg][Cl])c1. The zero-order chi connectivity index (χ0) is 7.40. The molecule has 0 N–H and O–H groups in total. The number of hydrogen-bond acceptors (Lipinski definition) is 0. The van der Waals surface area contributed by atoms with Crippen molar-refractivity contribution in [3.05, 3.63) is 35.4 Å². The molecule has 0 spiro atoms. The molecular formula is C8H9ClHg. The predicted molar refractivity (Wildman–Crippen MR) is 40.7 cm³/mol. The van der Waals surface area contributed by atoms with E-state index in [1.807, 2.05) is 0 Å². The molecule has 2 heteroatoms. The summed E-state index contributed by atoms with van der Waals surface area (Å²) >= 11 is -0.952. The zero-order valence-electron chi connectivity index (χ0n) is 6.10. The van der Waals surface area contributed by atoms with Crippen LogP contribution >= 0.6 is 8.25 Å². The average molecular weight is 341 g/mol. The van der Waals surface area contributed by atoms with Gasteiger partial charge >= 0.3 is 77.8 Å². The molecule has 0 unspecified atom stereocenters. The fourth-order valence-corrected chi connectivity index (χ4v) is 4.95. The Hall–Kier alpha value is 0.445. The molecule has 0 aliphatic carbocycles. The molecule has 10 heavy (non-hydrogen) atoms. The van der Waals surface area contributed by atoms with Gasteiger partial charge in [-0.25, -0.2) is 0 Å². The van der Waals surface area contributed by atoms with Gasteiger partial charge in [0.1, 0.15) is 0 Å². The molecule has 0 amide bonds. The van der Waals surface area contributed by atoms with E-state index in [4.69, 9.17) is 8.25 Å². The van der Waals surface area contributed by atoms with E-state index in [2.05, 4.69) is 31.2 Å². The molecule has 0 heterocycles. The van der Waals surface area contributed by atoms with Gasteiger partial charge in [0, 0.05) is 0 Å². The van der Waals surface area contributed by atoms with Crippen LogP contribution in [0.2, 0.25) is 0 Å². The minimum atomic E-state index is -0.952. The number of aryl methyl sites for hydroxylation is 1. The van der Waals surface area contributed by atoms with Crippen LogP contribution in [0.25, 0.3) is 0 Å². The maximum atomic E-state index is 5.81. The Kier molecular flexibility index (Phi) is 3.71. The summed E-state index contributed by atoms with van der Waals surface area (Å²) in [6.07, 6.45) is 0. The summed E-state index contributed by atoms with van der Waals surface area (Å²) in [6, 6.07) is 8.61. The molecule has 0 nitrogen and oxygen atoms in total. The fraction of sp³-hybridized carbons (Fsp3) is 0.250. The van der Waals surface area contributed by atoms with Crippen molar-refractivity contribution < 1.29 is 23.3 Å². The van der Waals surface area contributed by atoms with Crippen LogP contribution in [0, 0.1) is 6.92 Å². The Morgan fingerprint density at radius 1 is 1.50 bits per heavy atom. The average Bonchev–Trinajstić information content (AvgIpc) is 1.88. The van der Waals surface area contributed by atoms with Gasteiger partial charge in [0.25, 0.3) is 0 Å². The second-order valence-corrected chi connectivity index (χ2v) is 9.16. The van der Waals surface area contributed by atoms with Crippen LogP contribution in [0.4, 0.5) is 0 Å². The summed E-state index contributed by atoms with van der Waals surface area (Å²) in [5.74, 6) is 0. The van der Waals surface area contributed by atoms with Crippen LogP contribution < -0.4 is 0 Å². The second-order valence-electron chi connectivity index (χ2n) is 2.43. The van der Waals surface area contributed by atoms with Crippen molar-refractivity contribution in [1.29, 1.82) is 0 Å². The normalized spacial score (nSPS) is 9.00. The van der Waals surface area contributed by atoms with Crippen molar-refractivity contribution >= 4 is 8.25 Å². The third-order valence-electron chi connectivity index (χ3n) is 1.47. The van der Waals surface area contributed by atoms with Crippen LogP contribution in [0.3, 0.4) is 0 Å². The first-order valence-electron chi connectivity index (χ1n) is 3.44. The van der Waals surface area contributed by atoms with E-state index in [0.29, 0.717) is 0 Å². The third kappa shape index (κ3) is 2.59. The first kappa shape index (κ1) is 8.54. The molecule has 0 aliphatic heterocycles.